The van der Waals surface area contributed by atoms with Crippen molar-refractivity contribution in [3.8, 4) is 34.5 Å². The summed E-state index contributed by atoms with van der Waals surface area (Å²) in [6.45, 7) is 0. The van der Waals surface area contributed by atoms with Crippen LogP contribution < -0.4 is 19.8 Å². The van der Waals surface area contributed by atoms with Crippen molar-refractivity contribution < 1.29 is 18.6 Å². The molecule has 0 amide bonds. The Morgan fingerprint density at radius 1 is 0.949 bits per heavy atom. The first kappa shape index (κ1) is 23.4. The number of hydrogen-bond donors (Lipinski definition) is 0. The van der Waals surface area contributed by atoms with Gasteiger partial charge in [0.25, 0.3) is 0 Å². The Bertz CT molecular complexity index is 1980. The van der Waals surface area contributed by atoms with Crippen molar-refractivity contribution in [2.24, 2.45) is 0 Å². The highest BCUT2D eigenvalue weighted by molar-refractivity contribution is 9.10. The number of rotatable bonds is 4. The van der Waals surface area contributed by atoms with Crippen molar-refractivity contribution in [3.63, 3.8) is 0 Å². The van der Waals surface area contributed by atoms with Gasteiger partial charge in [0.1, 0.15) is 11.9 Å². The van der Waals surface area contributed by atoms with Gasteiger partial charge in [-0.1, -0.05) is 52.3 Å². The molecule has 1 atom stereocenters. The highest BCUT2D eigenvalue weighted by Crippen LogP contribution is 2.51. The quantitative estimate of drug-likeness (QED) is 0.234. The molecule has 3 aromatic heterocycles. The maximum absolute atomic E-state index is 13.6. The first-order valence-electron chi connectivity index (χ1n) is 12.0. The van der Waals surface area contributed by atoms with E-state index in [1.54, 1.807) is 43.3 Å². The summed E-state index contributed by atoms with van der Waals surface area (Å²) in [4.78, 5) is 23.1. The van der Waals surface area contributed by atoms with E-state index < -0.39 is 11.5 Å². The van der Waals surface area contributed by atoms with Crippen molar-refractivity contribution in [1.29, 1.82) is 0 Å². The molecule has 1 aliphatic heterocycles. The molecule has 7 rings (SSSR count). The summed E-state index contributed by atoms with van der Waals surface area (Å²) in [5.41, 5.74) is 2.73. The van der Waals surface area contributed by atoms with Crippen LogP contribution in [-0.4, -0.2) is 33.8 Å². The molecule has 9 nitrogen and oxygen atoms in total. The molecule has 0 fully saturated rings. The highest BCUT2D eigenvalue weighted by atomic mass is 79.9. The molecule has 0 bridgehead atoms. The van der Waals surface area contributed by atoms with Crippen LogP contribution in [0.15, 0.2) is 86.7 Å². The number of hydrogen-bond acceptors (Lipinski definition) is 8. The predicted molar refractivity (Wildman–Crippen MR) is 147 cm³/mol. The standard InChI is InChI=1S/C29H19BrN4O5/c1-36-20-13-7-10-17(24(20)37-2)21-22-25(16-9-4-6-12-19(16)38-29(22)35)39-28-23(21)27-32-26(33-34(27)14-31-28)15-8-3-5-11-18(15)30/h3-14,21H,1-2H3. The zero-order chi connectivity index (χ0) is 26.7. The molecular formula is C29H19BrN4O5. The monoisotopic (exact) mass is 582 g/mol. The fraction of sp³-hybridized carbons (Fsp3) is 0.103. The molecule has 4 heterocycles. The lowest BCUT2D eigenvalue weighted by Gasteiger charge is -2.28. The lowest BCUT2D eigenvalue weighted by atomic mass is 9.83. The first-order valence-corrected chi connectivity index (χ1v) is 12.8. The van der Waals surface area contributed by atoms with Gasteiger partial charge in [-0.05, 0) is 30.3 Å². The second-order valence-corrected chi connectivity index (χ2v) is 9.75. The fourth-order valence-corrected chi connectivity index (χ4v) is 5.60. The van der Waals surface area contributed by atoms with Gasteiger partial charge in [0.05, 0.1) is 36.7 Å². The van der Waals surface area contributed by atoms with Crippen molar-refractivity contribution in [1.82, 2.24) is 19.6 Å². The zero-order valence-corrected chi connectivity index (χ0v) is 22.3. The minimum Gasteiger partial charge on any atom is -0.493 e. The predicted octanol–water partition coefficient (Wildman–Crippen LogP) is 5.96. The van der Waals surface area contributed by atoms with Gasteiger partial charge < -0.3 is 18.6 Å². The Morgan fingerprint density at radius 2 is 1.77 bits per heavy atom. The second-order valence-electron chi connectivity index (χ2n) is 8.89. The molecule has 3 aromatic carbocycles. The van der Waals surface area contributed by atoms with E-state index in [-0.39, 0.29) is 0 Å². The van der Waals surface area contributed by atoms with E-state index in [4.69, 9.17) is 23.6 Å². The maximum atomic E-state index is 13.6. The van der Waals surface area contributed by atoms with E-state index in [2.05, 4.69) is 26.0 Å². The summed E-state index contributed by atoms with van der Waals surface area (Å²) in [6.07, 6.45) is 1.56. The van der Waals surface area contributed by atoms with Gasteiger partial charge in [-0.2, -0.15) is 0 Å². The van der Waals surface area contributed by atoms with Gasteiger partial charge in [-0.15, -0.1) is 5.10 Å². The third-order valence-corrected chi connectivity index (χ3v) is 7.51. The number of benzene rings is 3. The lowest BCUT2D eigenvalue weighted by Crippen LogP contribution is -2.22. The molecule has 6 aromatic rings. The van der Waals surface area contributed by atoms with Crippen LogP contribution >= 0.6 is 15.9 Å². The van der Waals surface area contributed by atoms with Gasteiger partial charge in [0, 0.05) is 15.6 Å². The number of nitrogens with zero attached hydrogens (tertiary/aromatic N) is 4. The molecule has 0 radical (unpaired) electrons. The van der Waals surface area contributed by atoms with Crippen LogP contribution in [0.3, 0.4) is 0 Å². The summed E-state index contributed by atoms with van der Waals surface area (Å²) in [6, 6.07) is 20.5. The van der Waals surface area contributed by atoms with E-state index in [0.717, 1.165) is 10.0 Å². The Kier molecular flexibility index (Phi) is 5.38. The number of fused-ring (bicyclic) bond motifs is 6. The van der Waals surface area contributed by atoms with Crippen molar-refractivity contribution in [2.75, 3.05) is 14.2 Å². The molecule has 0 spiro atoms. The fourth-order valence-electron chi connectivity index (χ4n) is 5.14. The molecule has 0 saturated heterocycles. The Labute approximate surface area is 229 Å². The van der Waals surface area contributed by atoms with Crippen LogP contribution in [0.25, 0.3) is 28.0 Å². The first-order chi connectivity index (χ1) is 19.1. The van der Waals surface area contributed by atoms with Crippen LogP contribution in [0.2, 0.25) is 0 Å². The van der Waals surface area contributed by atoms with Gasteiger partial charge >= 0.3 is 5.63 Å². The van der Waals surface area contributed by atoms with Gasteiger partial charge in [-0.25, -0.2) is 19.3 Å². The maximum Gasteiger partial charge on any atom is 0.344 e. The second kappa shape index (κ2) is 8.95. The smallest absolute Gasteiger partial charge is 0.344 e. The van der Waals surface area contributed by atoms with Crippen LogP contribution in [0, 0.1) is 0 Å². The summed E-state index contributed by atoms with van der Waals surface area (Å²) >= 11 is 3.59. The Balaban J connectivity index is 1.59. The van der Waals surface area contributed by atoms with E-state index in [1.807, 2.05) is 48.5 Å². The largest absolute Gasteiger partial charge is 0.493 e. The molecule has 192 valence electrons. The SMILES string of the molecule is COc1cccc(C2c3c(c4ccccc4oc3=O)Oc3ncn4nc(-c5ccccc5Br)nc4c32)c1OC. The zero-order valence-electron chi connectivity index (χ0n) is 20.7. The third-order valence-electron chi connectivity index (χ3n) is 6.82. The molecule has 0 aliphatic carbocycles. The minimum absolute atomic E-state index is 0.312. The van der Waals surface area contributed by atoms with E-state index >= 15 is 0 Å². The summed E-state index contributed by atoms with van der Waals surface area (Å²) in [5.74, 6) is 1.47. The molecule has 1 unspecified atom stereocenters. The molecule has 1 aliphatic rings. The Morgan fingerprint density at radius 3 is 2.59 bits per heavy atom. The van der Waals surface area contributed by atoms with Gasteiger partial charge in [0.15, 0.2) is 28.7 Å². The van der Waals surface area contributed by atoms with Gasteiger partial charge in [-0.3, -0.25) is 0 Å². The summed E-state index contributed by atoms with van der Waals surface area (Å²) < 4.78 is 26.0. The molecule has 39 heavy (non-hydrogen) atoms. The minimum atomic E-state index is -0.706. The van der Waals surface area contributed by atoms with E-state index in [9.17, 15) is 4.79 Å². The summed E-state index contributed by atoms with van der Waals surface area (Å²) in [5, 5.41) is 5.34. The van der Waals surface area contributed by atoms with E-state index in [0.29, 0.717) is 62.3 Å². The summed E-state index contributed by atoms with van der Waals surface area (Å²) in [7, 11) is 3.13. The normalized spacial score (nSPS) is 14.1. The third kappa shape index (κ3) is 3.52. The van der Waals surface area contributed by atoms with Crippen molar-refractivity contribution >= 4 is 32.5 Å². The number of methoxy groups -OCH3 is 2. The van der Waals surface area contributed by atoms with Crippen LogP contribution in [0.1, 0.15) is 22.6 Å². The number of aromatic nitrogens is 4. The molecule has 0 saturated carbocycles. The average Bonchev–Trinajstić information content (AvgIpc) is 3.40. The van der Waals surface area contributed by atoms with Crippen molar-refractivity contribution in [3.05, 3.63) is 105 Å². The van der Waals surface area contributed by atoms with Crippen LogP contribution in [0.5, 0.6) is 23.1 Å². The lowest BCUT2D eigenvalue weighted by molar-refractivity contribution is 0.349. The molecular weight excluding hydrogens is 564 g/mol. The highest BCUT2D eigenvalue weighted by Gasteiger charge is 2.39. The van der Waals surface area contributed by atoms with E-state index in [1.165, 1.54) is 0 Å². The molecule has 0 N–H and O–H groups in total. The van der Waals surface area contributed by atoms with Crippen molar-refractivity contribution in [2.45, 2.75) is 5.92 Å². The molecule has 10 heteroatoms. The van der Waals surface area contributed by atoms with Gasteiger partial charge in [0.2, 0.25) is 5.88 Å². The van der Waals surface area contributed by atoms with Crippen LogP contribution in [-0.2, 0) is 0 Å². The topological polar surface area (TPSA) is 101 Å². The average molecular weight is 583 g/mol. The number of para-hydroxylation sites is 2. The Hall–Kier alpha value is -4.70. The number of halogens is 1. The van der Waals surface area contributed by atoms with Crippen LogP contribution in [0.4, 0.5) is 0 Å². The number of ether oxygens (including phenoxy) is 3.